The minimum absolute atomic E-state index is 0.000187. The Morgan fingerprint density at radius 1 is 0.972 bits per heavy atom. The van der Waals surface area contributed by atoms with E-state index in [0.29, 0.717) is 46.9 Å². The third-order valence-electron chi connectivity index (χ3n) is 6.71. The molecule has 0 unspecified atom stereocenters. The van der Waals surface area contributed by atoms with Crippen LogP contribution < -0.4 is 9.47 Å². The molecule has 3 aromatic carbocycles. The summed E-state index contributed by atoms with van der Waals surface area (Å²) in [5.41, 5.74) is 1.98. The number of hydrogen-bond acceptors (Lipinski definition) is 4. The highest BCUT2D eigenvalue weighted by atomic mass is 19.2. The molecule has 1 N–H and O–H groups in total. The Labute approximate surface area is 206 Å². The SMILES string of the molecule is CC1=C(c2ccc(F)c(F)c2F)[C@@H](c2ccc(OCCN3CC(CF)C3)cc2)Oc2ccc(O)cc21. The molecule has 0 spiro atoms. The van der Waals surface area contributed by atoms with E-state index in [-0.39, 0.29) is 23.9 Å². The van der Waals surface area contributed by atoms with E-state index in [0.717, 1.165) is 19.2 Å². The first kappa shape index (κ1) is 24.2. The molecule has 1 saturated heterocycles. The summed E-state index contributed by atoms with van der Waals surface area (Å²) < 4.78 is 67.3. The lowest BCUT2D eigenvalue weighted by Crippen LogP contribution is -2.49. The Morgan fingerprint density at radius 2 is 1.72 bits per heavy atom. The smallest absolute Gasteiger partial charge is 0.195 e. The van der Waals surface area contributed by atoms with Crippen LogP contribution in [0.3, 0.4) is 0 Å². The van der Waals surface area contributed by atoms with Crippen LogP contribution in [-0.4, -0.2) is 42.9 Å². The molecule has 36 heavy (non-hydrogen) atoms. The van der Waals surface area contributed by atoms with Crippen molar-refractivity contribution >= 4 is 11.1 Å². The van der Waals surface area contributed by atoms with Crippen molar-refractivity contribution in [3.05, 3.63) is 88.7 Å². The van der Waals surface area contributed by atoms with Gasteiger partial charge in [0, 0.05) is 42.3 Å². The van der Waals surface area contributed by atoms with Gasteiger partial charge < -0.3 is 14.6 Å². The van der Waals surface area contributed by atoms with Gasteiger partial charge in [-0.1, -0.05) is 12.1 Å². The molecule has 0 aromatic heterocycles. The summed E-state index contributed by atoms with van der Waals surface area (Å²) in [6.07, 6.45) is -0.811. The molecule has 1 fully saturated rings. The molecule has 1 atom stereocenters. The van der Waals surface area contributed by atoms with Gasteiger partial charge in [0.25, 0.3) is 0 Å². The zero-order valence-electron chi connectivity index (χ0n) is 19.6. The standard InChI is InChI=1S/C28H25F4NO3/c1-16-22-12-19(34)4-9-24(22)36-28(25(16)21-7-8-23(30)27(32)26(21)31)18-2-5-20(6-3-18)35-11-10-33-14-17(13-29)15-33/h2-9,12,17,28,34H,10-11,13-15H2,1H3/t28-/m1/s1. The van der Waals surface area contributed by atoms with E-state index in [4.69, 9.17) is 9.47 Å². The minimum Gasteiger partial charge on any atom is -0.508 e. The number of alkyl halides is 1. The second-order valence-corrected chi connectivity index (χ2v) is 9.14. The molecule has 4 nitrogen and oxygen atoms in total. The number of fused-ring (bicyclic) bond motifs is 1. The van der Waals surface area contributed by atoms with Gasteiger partial charge in [0.05, 0.1) is 6.67 Å². The van der Waals surface area contributed by atoms with Crippen molar-refractivity contribution in [1.29, 1.82) is 0 Å². The van der Waals surface area contributed by atoms with Crippen LogP contribution in [0, 0.1) is 23.4 Å². The van der Waals surface area contributed by atoms with E-state index >= 15 is 0 Å². The first-order valence-corrected chi connectivity index (χ1v) is 11.7. The van der Waals surface area contributed by atoms with Crippen LogP contribution in [0.2, 0.25) is 0 Å². The molecule has 0 amide bonds. The van der Waals surface area contributed by atoms with Crippen LogP contribution >= 0.6 is 0 Å². The highest BCUT2D eigenvalue weighted by molar-refractivity contribution is 5.95. The zero-order valence-corrected chi connectivity index (χ0v) is 19.6. The predicted octanol–water partition coefficient (Wildman–Crippen LogP) is 6.15. The molecule has 0 saturated carbocycles. The highest BCUT2D eigenvalue weighted by Gasteiger charge is 2.32. The van der Waals surface area contributed by atoms with E-state index in [1.54, 1.807) is 37.3 Å². The molecule has 2 aliphatic rings. The van der Waals surface area contributed by atoms with Crippen LogP contribution in [0.25, 0.3) is 11.1 Å². The van der Waals surface area contributed by atoms with E-state index in [9.17, 15) is 22.7 Å². The van der Waals surface area contributed by atoms with Gasteiger partial charge in [-0.25, -0.2) is 13.2 Å². The molecule has 8 heteroatoms. The number of halogens is 4. The second-order valence-electron chi connectivity index (χ2n) is 9.14. The summed E-state index contributed by atoms with van der Waals surface area (Å²) in [5, 5.41) is 9.97. The molecular formula is C28H25F4NO3. The van der Waals surface area contributed by atoms with Crippen molar-refractivity contribution in [2.45, 2.75) is 13.0 Å². The molecule has 0 bridgehead atoms. The van der Waals surface area contributed by atoms with E-state index in [2.05, 4.69) is 4.90 Å². The molecule has 0 aliphatic carbocycles. The van der Waals surface area contributed by atoms with Gasteiger partial charge in [0.1, 0.15) is 30.0 Å². The van der Waals surface area contributed by atoms with Crippen LogP contribution in [0.5, 0.6) is 17.2 Å². The van der Waals surface area contributed by atoms with Crippen molar-refractivity contribution in [3.8, 4) is 17.2 Å². The maximum atomic E-state index is 14.9. The largest absolute Gasteiger partial charge is 0.508 e. The molecular weight excluding hydrogens is 474 g/mol. The lowest BCUT2D eigenvalue weighted by Gasteiger charge is -2.37. The maximum absolute atomic E-state index is 14.9. The van der Waals surface area contributed by atoms with Crippen molar-refractivity contribution in [2.75, 3.05) is 32.9 Å². The average molecular weight is 500 g/mol. The first-order valence-electron chi connectivity index (χ1n) is 11.7. The Balaban J connectivity index is 1.43. The van der Waals surface area contributed by atoms with Crippen LogP contribution in [-0.2, 0) is 0 Å². The topological polar surface area (TPSA) is 41.9 Å². The van der Waals surface area contributed by atoms with Gasteiger partial charge in [0.2, 0.25) is 0 Å². The van der Waals surface area contributed by atoms with Crippen molar-refractivity contribution in [3.63, 3.8) is 0 Å². The van der Waals surface area contributed by atoms with Crippen molar-refractivity contribution in [1.82, 2.24) is 4.90 Å². The molecule has 3 aromatic rings. The van der Waals surface area contributed by atoms with E-state index < -0.39 is 23.6 Å². The number of aromatic hydroxyl groups is 1. The Morgan fingerprint density at radius 3 is 2.44 bits per heavy atom. The van der Waals surface area contributed by atoms with Gasteiger partial charge in [-0.3, -0.25) is 9.29 Å². The fraction of sp³-hybridized carbons (Fsp3) is 0.286. The zero-order chi connectivity index (χ0) is 25.4. The fourth-order valence-electron chi connectivity index (χ4n) is 4.74. The Hall–Kier alpha value is -3.52. The summed E-state index contributed by atoms with van der Waals surface area (Å²) in [6.45, 7) is 4.08. The highest BCUT2D eigenvalue weighted by Crippen LogP contribution is 2.48. The van der Waals surface area contributed by atoms with Crippen LogP contribution in [0.15, 0.2) is 54.6 Å². The normalized spacial score (nSPS) is 18.0. The number of likely N-dealkylation sites (tertiary alicyclic amines) is 1. The number of benzene rings is 3. The quantitative estimate of drug-likeness (QED) is 0.313. The van der Waals surface area contributed by atoms with Crippen LogP contribution in [0.4, 0.5) is 17.6 Å². The summed E-state index contributed by atoms with van der Waals surface area (Å²) in [4.78, 5) is 2.12. The van der Waals surface area contributed by atoms with Gasteiger partial charge in [-0.05, 0) is 60.5 Å². The van der Waals surface area contributed by atoms with Gasteiger partial charge in [-0.15, -0.1) is 0 Å². The summed E-state index contributed by atoms with van der Waals surface area (Å²) in [7, 11) is 0. The second kappa shape index (κ2) is 9.85. The van der Waals surface area contributed by atoms with E-state index in [1.807, 2.05) is 0 Å². The predicted molar refractivity (Wildman–Crippen MR) is 128 cm³/mol. The number of phenolic OH excluding ortho intramolecular Hbond substituents is 1. The number of phenols is 1. The Bertz CT molecular complexity index is 1300. The Kier molecular flexibility index (Phi) is 6.62. The van der Waals surface area contributed by atoms with Crippen molar-refractivity contribution < 1.29 is 32.1 Å². The molecule has 188 valence electrons. The number of rotatable bonds is 7. The van der Waals surface area contributed by atoms with Crippen LogP contribution in [0.1, 0.15) is 29.7 Å². The number of hydrogen-bond donors (Lipinski definition) is 1. The molecule has 5 rings (SSSR count). The lowest BCUT2D eigenvalue weighted by atomic mass is 9.85. The first-order chi connectivity index (χ1) is 17.4. The fourth-order valence-corrected chi connectivity index (χ4v) is 4.74. The average Bonchev–Trinajstić information content (AvgIpc) is 2.85. The number of nitrogens with zero attached hydrogens (tertiary/aromatic N) is 1. The van der Waals surface area contributed by atoms with Gasteiger partial charge in [-0.2, -0.15) is 0 Å². The summed E-state index contributed by atoms with van der Waals surface area (Å²) in [6, 6.07) is 13.7. The lowest BCUT2D eigenvalue weighted by molar-refractivity contribution is 0.0668. The number of allylic oxidation sites excluding steroid dienone is 1. The third kappa shape index (κ3) is 4.53. The monoisotopic (exact) mass is 499 g/mol. The number of ether oxygens (including phenoxy) is 2. The van der Waals surface area contributed by atoms with Gasteiger partial charge >= 0.3 is 0 Å². The molecule has 0 radical (unpaired) electrons. The molecule has 2 heterocycles. The third-order valence-corrected chi connectivity index (χ3v) is 6.71. The minimum atomic E-state index is -1.56. The summed E-state index contributed by atoms with van der Waals surface area (Å²) in [5.74, 6) is -2.91. The summed E-state index contributed by atoms with van der Waals surface area (Å²) >= 11 is 0. The molecule has 2 aliphatic heterocycles. The maximum Gasteiger partial charge on any atom is 0.195 e. The van der Waals surface area contributed by atoms with Gasteiger partial charge in [0.15, 0.2) is 17.5 Å². The van der Waals surface area contributed by atoms with E-state index in [1.165, 1.54) is 18.2 Å². The van der Waals surface area contributed by atoms with Crippen molar-refractivity contribution in [2.24, 2.45) is 5.92 Å².